The van der Waals surface area contributed by atoms with Crippen molar-refractivity contribution in [2.24, 2.45) is 5.73 Å². The van der Waals surface area contributed by atoms with Crippen LogP contribution in [0.2, 0.25) is 0 Å². The summed E-state index contributed by atoms with van der Waals surface area (Å²) in [5, 5.41) is 0. The molecule has 1 saturated carbocycles. The van der Waals surface area contributed by atoms with E-state index in [4.69, 9.17) is 5.73 Å². The first-order valence-electron chi connectivity index (χ1n) is 4.57. The monoisotopic (exact) mass is 254 g/mol. The van der Waals surface area contributed by atoms with Gasteiger partial charge in [-0.1, -0.05) is 6.42 Å². The SMILES string of the molecule is NC(=O)C1(c2ccnc(Br)c2)CCC1. The molecule has 2 rings (SSSR count). The Morgan fingerprint density at radius 1 is 1.57 bits per heavy atom. The minimum atomic E-state index is -0.425. The molecule has 4 heteroatoms. The van der Waals surface area contributed by atoms with Gasteiger partial charge >= 0.3 is 0 Å². The average Bonchev–Trinajstić information content (AvgIpc) is 2.00. The second-order valence-electron chi connectivity index (χ2n) is 3.67. The minimum absolute atomic E-state index is 0.221. The molecule has 0 bridgehead atoms. The van der Waals surface area contributed by atoms with E-state index in [0.29, 0.717) is 0 Å². The van der Waals surface area contributed by atoms with Crippen LogP contribution in [0.5, 0.6) is 0 Å². The predicted octanol–water partition coefficient (Wildman–Crippen LogP) is 1.75. The number of nitrogens with two attached hydrogens (primary N) is 1. The molecule has 0 saturated heterocycles. The minimum Gasteiger partial charge on any atom is -0.369 e. The van der Waals surface area contributed by atoms with Gasteiger partial charge in [0.1, 0.15) is 4.60 Å². The molecule has 0 unspecified atom stereocenters. The third-order valence-corrected chi connectivity index (χ3v) is 3.39. The summed E-state index contributed by atoms with van der Waals surface area (Å²) in [5.74, 6) is -0.221. The van der Waals surface area contributed by atoms with E-state index in [1.54, 1.807) is 6.20 Å². The third kappa shape index (κ3) is 1.34. The van der Waals surface area contributed by atoms with Gasteiger partial charge in [-0.25, -0.2) is 4.98 Å². The van der Waals surface area contributed by atoms with Crippen LogP contribution in [0.25, 0.3) is 0 Å². The Bertz CT molecular complexity index is 374. The van der Waals surface area contributed by atoms with Crippen molar-refractivity contribution in [3.05, 3.63) is 28.5 Å². The van der Waals surface area contributed by atoms with E-state index in [9.17, 15) is 4.79 Å². The van der Waals surface area contributed by atoms with Crippen molar-refractivity contribution in [2.45, 2.75) is 24.7 Å². The first-order chi connectivity index (χ1) is 6.65. The fourth-order valence-corrected chi connectivity index (χ4v) is 2.27. The molecule has 3 nitrogen and oxygen atoms in total. The van der Waals surface area contributed by atoms with Gasteiger partial charge in [0.15, 0.2) is 0 Å². The van der Waals surface area contributed by atoms with Gasteiger partial charge in [0.25, 0.3) is 0 Å². The summed E-state index contributed by atoms with van der Waals surface area (Å²) in [6.45, 7) is 0. The largest absolute Gasteiger partial charge is 0.369 e. The van der Waals surface area contributed by atoms with Gasteiger partial charge in [-0.3, -0.25) is 4.79 Å². The van der Waals surface area contributed by atoms with Crippen LogP contribution in [0.15, 0.2) is 22.9 Å². The summed E-state index contributed by atoms with van der Waals surface area (Å²) >= 11 is 3.29. The quantitative estimate of drug-likeness (QED) is 0.818. The van der Waals surface area contributed by atoms with Crippen LogP contribution in [0.1, 0.15) is 24.8 Å². The molecule has 1 aliphatic carbocycles. The molecule has 1 aliphatic rings. The number of hydrogen-bond acceptors (Lipinski definition) is 2. The molecule has 1 aromatic rings. The normalized spacial score (nSPS) is 18.6. The average molecular weight is 255 g/mol. The van der Waals surface area contributed by atoms with Crippen LogP contribution >= 0.6 is 15.9 Å². The summed E-state index contributed by atoms with van der Waals surface area (Å²) in [7, 11) is 0. The van der Waals surface area contributed by atoms with Gasteiger partial charge in [0, 0.05) is 6.20 Å². The molecule has 1 aromatic heterocycles. The van der Waals surface area contributed by atoms with Crippen LogP contribution in [-0.4, -0.2) is 10.9 Å². The zero-order chi connectivity index (χ0) is 10.2. The second kappa shape index (κ2) is 3.35. The van der Waals surface area contributed by atoms with E-state index in [-0.39, 0.29) is 5.91 Å². The van der Waals surface area contributed by atoms with Crippen LogP contribution in [0, 0.1) is 0 Å². The lowest BCUT2D eigenvalue weighted by atomic mass is 9.64. The van der Waals surface area contributed by atoms with E-state index in [1.165, 1.54) is 0 Å². The number of halogens is 1. The van der Waals surface area contributed by atoms with Crippen molar-refractivity contribution in [1.29, 1.82) is 0 Å². The van der Waals surface area contributed by atoms with Crippen molar-refractivity contribution in [2.75, 3.05) is 0 Å². The zero-order valence-electron chi connectivity index (χ0n) is 7.66. The summed E-state index contributed by atoms with van der Waals surface area (Å²) in [6.07, 6.45) is 4.49. The Morgan fingerprint density at radius 3 is 2.71 bits per heavy atom. The number of pyridine rings is 1. The van der Waals surface area contributed by atoms with Crippen molar-refractivity contribution in [3.63, 3.8) is 0 Å². The van der Waals surface area contributed by atoms with E-state index < -0.39 is 5.41 Å². The molecule has 0 radical (unpaired) electrons. The third-order valence-electron chi connectivity index (χ3n) is 2.96. The molecule has 0 spiro atoms. The van der Waals surface area contributed by atoms with Gasteiger partial charge in [0.05, 0.1) is 5.41 Å². The van der Waals surface area contributed by atoms with E-state index >= 15 is 0 Å². The lowest BCUT2D eigenvalue weighted by Crippen LogP contribution is -2.46. The van der Waals surface area contributed by atoms with Gasteiger partial charge < -0.3 is 5.73 Å². The zero-order valence-corrected chi connectivity index (χ0v) is 9.25. The molecule has 1 amide bonds. The van der Waals surface area contributed by atoms with E-state index in [0.717, 1.165) is 29.4 Å². The van der Waals surface area contributed by atoms with Crippen LogP contribution in [0.3, 0.4) is 0 Å². The predicted molar refractivity (Wildman–Crippen MR) is 56.7 cm³/mol. The molecule has 74 valence electrons. The standard InChI is InChI=1S/C10H11BrN2O/c11-8-6-7(2-5-13-8)10(9(12)14)3-1-4-10/h2,5-6H,1,3-4H2,(H2,12,14). The number of aromatic nitrogens is 1. The molecular weight excluding hydrogens is 244 g/mol. The van der Waals surface area contributed by atoms with Gasteiger partial charge in [-0.05, 0) is 46.5 Å². The van der Waals surface area contributed by atoms with Crippen molar-refractivity contribution in [3.8, 4) is 0 Å². The van der Waals surface area contributed by atoms with Crippen molar-refractivity contribution < 1.29 is 4.79 Å². The highest BCUT2D eigenvalue weighted by Gasteiger charge is 2.44. The van der Waals surface area contributed by atoms with Crippen molar-refractivity contribution in [1.82, 2.24) is 4.98 Å². The van der Waals surface area contributed by atoms with Crippen LogP contribution in [-0.2, 0) is 10.2 Å². The highest BCUT2D eigenvalue weighted by Crippen LogP contribution is 2.43. The molecular formula is C10H11BrN2O. The lowest BCUT2D eigenvalue weighted by molar-refractivity contribution is -0.126. The van der Waals surface area contributed by atoms with Crippen LogP contribution < -0.4 is 5.73 Å². The number of nitrogens with zero attached hydrogens (tertiary/aromatic N) is 1. The Kier molecular flexibility index (Phi) is 2.31. The maximum atomic E-state index is 11.4. The number of primary amides is 1. The number of amides is 1. The fourth-order valence-electron chi connectivity index (χ4n) is 1.91. The molecule has 14 heavy (non-hydrogen) atoms. The number of hydrogen-bond donors (Lipinski definition) is 1. The second-order valence-corrected chi connectivity index (χ2v) is 4.48. The van der Waals surface area contributed by atoms with Gasteiger partial charge in [-0.15, -0.1) is 0 Å². The maximum Gasteiger partial charge on any atom is 0.228 e. The maximum absolute atomic E-state index is 11.4. The topological polar surface area (TPSA) is 56.0 Å². The van der Waals surface area contributed by atoms with Gasteiger partial charge in [0.2, 0.25) is 5.91 Å². The Hall–Kier alpha value is -0.900. The van der Waals surface area contributed by atoms with Gasteiger partial charge in [-0.2, -0.15) is 0 Å². The van der Waals surface area contributed by atoms with E-state index in [2.05, 4.69) is 20.9 Å². The highest BCUT2D eigenvalue weighted by atomic mass is 79.9. The van der Waals surface area contributed by atoms with Crippen LogP contribution in [0.4, 0.5) is 0 Å². The molecule has 2 N–H and O–H groups in total. The van der Waals surface area contributed by atoms with E-state index in [1.807, 2.05) is 12.1 Å². The number of rotatable bonds is 2. The van der Waals surface area contributed by atoms with Crippen molar-refractivity contribution >= 4 is 21.8 Å². The molecule has 0 atom stereocenters. The molecule has 1 fully saturated rings. The number of carbonyl (C=O) groups excluding carboxylic acids is 1. The smallest absolute Gasteiger partial charge is 0.228 e. The first kappa shape index (κ1) is 9.65. The number of carbonyl (C=O) groups is 1. The Balaban J connectivity index is 2.42. The summed E-state index contributed by atoms with van der Waals surface area (Å²) in [4.78, 5) is 15.4. The first-order valence-corrected chi connectivity index (χ1v) is 5.36. The molecule has 1 heterocycles. The summed E-state index contributed by atoms with van der Waals surface area (Å²) < 4.78 is 0.752. The lowest BCUT2D eigenvalue weighted by Gasteiger charge is -2.39. The Labute approximate surface area is 90.8 Å². The Morgan fingerprint density at radius 2 is 2.29 bits per heavy atom. The summed E-state index contributed by atoms with van der Waals surface area (Å²) in [6, 6.07) is 3.75. The summed E-state index contributed by atoms with van der Waals surface area (Å²) in [5.41, 5.74) is 6.00. The fraction of sp³-hybridized carbons (Fsp3) is 0.400. The molecule has 0 aromatic carbocycles. The molecule has 0 aliphatic heterocycles. The highest BCUT2D eigenvalue weighted by molar-refractivity contribution is 9.10.